The lowest BCUT2D eigenvalue weighted by atomic mass is 10.1. The van der Waals surface area contributed by atoms with E-state index in [1.54, 1.807) is 26.4 Å². The van der Waals surface area contributed by atoms with Crippen molar-refractivity contribution in [2.24, 2.45) is 0 Å². The van der Waals surface area contributed by atoms with Crippen LogP contribution in [0.5, 0.6) is 17.2 Å². The predicted molar refractivity (Wildman–Crippen MR) is 105 cm³/mol. The molecule has 0 unspecified atom stereocenters. The van der Waals surface area contributed by atoms with Crippen LogP contribution in [0.3, 0.4) is 0 Å². The van der Waals surface area contributed by atoms with Crippen LogP contribution in [0.1, 0.15) is 11.1 Å². The fraction of sp³-hybridized carbons (Fsp3) is 0.250. The fourth-order valence-electron chi connectivity index (χ4n) is 2.60. The highest BCUT2D eigenvalue weighted by Crippen LogP contribution is 2.31. The van der Waals surface area contributed by atoms with Crippen LogP contribution in [0.25, 0.3) is 11.4 Å². The minimum Gasteiger partial charge on any atom is -0.493 e. The second-order valence-electron chi connectivity index (χ2n) is 6.18. The van der Waals surface area contributed by atoms with E-state index in [1.807, 2.05) is 38.1 Å². The minimum absolute atomic E-state index is 0.134. The minimum atomic E-state index is -0.348. The SMILES string of the molecule is COc1ccc(-c2nc(NC(=O)COc3cc(C)ccc3C)n[nH]2)cc1OC. The van der Waals surface area contributed by atoms with Gasteiger partial charge in [-0.15, -0.1) is 5.10 Å². The van der Waals surface area contributed by atoms with Gasteiger partial charge in [0.05, 0.1) is 14.2 Å². The Kier molecular flexibility index (Phi) is 5.78. The maximum Gasteiger partial charge on any atom is 0.264 e. The number of rotatable bonds is 7. The van der Waals surface area contributed by atoms with E-state index in [1.165, 1.54) is 0 Å². The highest BCUT2D eigenvalue weighted by Gasteiger charge is 2.12. The molecule has 8 heteroatoms. The van der Waals surface area contributed by atoms with Crippen molar-refractivity contribution in [2.75, 3.05) is 26.1 Å². The summed E-state index contributed by atoms with van der Waals surface area (Å²) in [5.41, 5.74) is 2.78. The maximum atomic E-state index is 12.1. The lowest BCUT2D eigenvalue weighted by Gasteiger charge is -2.09. The molecule has 0 spiro atoms. The molecule has 2 N–H and O–H groups in total. The third kappa shape index (κ3) is 4.40. The zero-order valence-electron chi connectivity index (χ0n) is 16.2. The Balaban J connectivity index is 1.64. The van der Waals surface area contributed by atoms with Crippen molar-refractivity contribution in [1.82, 2.24) is 15.2 Å². The van der Waals surface area contributed by atoms with E-state index in [-0.39, 0.29) is 18.5 Å². The van der Waals surface area contributed by atoms with E-state index in [0.29, 0.717) is 23.1 Å². The van der Waals surface area contributed by atoms with Crippen LogP contribution in [-0.4, -0.2) is 41.9 Å². The van der Waals surface area contributed by atoms with E-state index in [4.69, 9.17) is 14.2 Å². The predicted octanol–water partition coefficient (Wildman–Crippen LogP) is 3.12. The van der Waals surface area contributed by atoms with E-state index in [2.05, 4.69) is 20.5 Å². The van der Waals surface area contributed by atoms with Crippen molar-refractivity contribution in [3.8, 4) is 28.6 Å². The van der Waals surface area contributed by atoms with Crippen LogP contribution in [0.15, 0.2) is 36.4 Å². The summed E-state index contributed by atoms with van der Waals surface area (Å²) < 4.78 is 16.1. The normalized spacial score (nSPS) is 10.4. The van der Waals surface area contributed by atoms with Gasteiger partial charge in [0, 0.05) is 5.56 Å². The van der Waals surface area contributed by atoms with Gasteiger partial charge in [-0.05, 0) is 49.2 Å². The van der Waals surface area contributed by atoms with Gasteiger partial charge in [-0.2, -0.15) is 4.98 Å². The Hall–Kier alpha value is -3.55. The highest BCUT2D eigenvalue weighted by atomic mass is 16.5. The zero-order valence-corrected chi connectivity index (χ0v) is 16.2. The van der Waals surface area contributed by atoms with Crippen LogP contribution < -0.4 is 19.5 Å². The second-order valence-corrected chi connectivity index (χ2v) is 6.18. The molecule has 0 fully saturated rings. The van der Waals surface area contributed by atoms with Gasteiger partial charge in [0.25, 0.3) is 5.91 Å². The van der Waals surface area contributed by atoms with Gasteiger partial charge < -0.3 is 14.2 Å². The van der Waals surface area contributed by atoms with Crippen molar-refractivity contribution < 1.29 is 19.0 Å². The topological polar surface area (TPSA) is 98.4 Å². The van der Waals surface area contributed by atoms with Crippen LogP contribution in [0.2, 0.25) is 0 Å². The number of nitrogens with one attached hydrogen (secondary N) is 2. The number of methoxy groups -OCH3 is 2. The smallest absolute Gasteiger partial charge is 0.264 e. The molecule has 0 bridgehead atoms. The molecular formula is C20H22N4O4. The Morgan fingerprint density at radius 1 is 1.04 bits per heavy atom. The summed E-state index contributed by atoms with van der Waals surface area (Å²) in [5, 5.41) is 9.43. The number of nitrogens with zero attached hydrogens (tertiary/aromatic N) is 2. The summed E-state index contributed by atoms with van der Waals surface area (Å²) >= 11 is 0. The Morgan fingerprint density at radius 2 is 1.82 bits per heavy atom. The number of aromatic nitrogens is 3. The summed E-state index contributed by atoms with van der Waals surface area (Å²) in [6.07, 6.45) is 0. The standard InChI is InChI=1S/C20H22N4O4/c1-12-5-6-13(2)16(9-12)28-11-18(25)21-20-22-19(23-24-20)14-7-8-15(26-3)17(10-14)27-4/h5-10H,11H2,1-4H3,(H2,21,22,23,24,25). The molecule has 28 heavy (non-hydrogen) atoms. The number of aryl methyl sites for hydroxylation is 2. The van der Waals surface area contributed by atoms with Gasteiger partial charge in [-0.25, -0.2) is 0 Å². The highest BCUT2D eigenvalue weighted by molar-refractivity contribution is 5.90. The third-order valence-corrected chi connectivity index (χ3v) is 4.10. The molecule has 0 aliphatic heterocycles. The molecule has 0 radical (unpaired) electrons. The number of benzene rings is 2. The first-order valence-electron chi connectivity index (χ1n) is 8.65. The molecule has 1 aromatic heterocycles. The third-order valence-electron chi connectivity index (χ3n) is 4.10. The van der Waals surface area contributed by atoms with E-state index in [0.717, 1.165) is 16.7 Å². The van der Waals surface area contributed by atoms with Crippen molar-refractivity contribution >= 4 is 11.9 Å². The van der Waals surface area contributed by atoms with Crippen LogP contribution in [0, 0.1) is 13.8 Å². The monoisotopic (exact) mass is 382 g/mol. The molecule has 3 rings (SSSR count). The van der Waals surface area contributed by atoms with Crippen molar-refractivity contribution in [3.05, 3.63) is 47.5 Å². The molecule has 3 aromatic rings. The first-order chi connectivity index (χ1) is 13.5. The number of hydrogen-bond donors (Lipinski definition) is 2. The largest absolute Gasteiger partial charge is 0.493 e. The molecule has 0 aliphatic rings. The molecule has 0 atom stereocenters. The number of amides is 1. The number of ether oxygens (including phenoxy) is 3. The summed E-state index contributed by atoms with van der Waals surface area (Å²) in [6, 6.07) is 11.2. The molecule has 0 aliphatic carbocycles. The molecule has 2 aromatic carbocycles. The Labute approximate surface area is 162 Å². The molecule has 1 amide bonds. The number of carbonyl (C=O) groups is 1. The van der Waals surface area contributed by atoms with Gasteiger partial charge >= 0.3 is 0 Å². The van der Waals surface area contributed by atoms with Crippen LogP contribution in [0.4, 0.5) is 5.95 Å². The van der Waals surface area contributed by atoms with Crippen molar-refractivity contribution in [3.63, 3.8) is 0 Å². The van der Waals surface area contributed by atoms with Crippen LogP contribution in [-0.2, 0) is 4.79 Å². The summed E-state index contributed by atoms with van der Waals surface area (Å²) in [4.78, 5) is 16.4. The Morgan fingerprint density at radius 3 is 2.57 bits per heavy atom. The maximum absolute atomic E-state index is 12.1. The quantitative estimate of drug-likeness (QED) is 0.651. The molecule has 0 saturated carbocycles. The average Bonchev–Trinajstić information content (AvgIpc) is 3.16. The number of hydrogen-bond acceptors (Lipinski definition) is 6. The number of carbonyl (C=O) groups excluding carboxylic acids is 1. The first-order valence-corrected chi connectivity index (χ1v) is 8.65. The second kappa shape index (κ2) is 8.43. The Bertz CT molecular complexity index is 984. The molecule has 0 saturated heterocycles. The molecule has 146 valence electrons. The van der Waals surface area contributed by atoms with E-state index < -0.39 is 0 Å². The van der Waals surface area contributed by atoms with Crippen molar-refractivity contribution in [1.29, 1.82) is 0 Å². The van der Waals surface area contributed by atoms with E-state index in [9.17, 15) is 4.79 Å². The number of anilines is 1. The lowest BCUT2D eigenvalue weighted by molar-refractivity contribution is -0.118. The zero-order chi connectivity index (χ0) is 20.1. The van der Waals surface area contributed by atoms with Crippen LogP contribution >= 0.6 is 0 Å². The molecular weight excluding hydrogens is 360 g/mol. The molecule has 1 heterocycles. The number of H-pyrrole nitrogens is 1. The van der Waals surface area contributed by atoms with Gasteiger partial charge in [-0.1, -0.05) is 12.1 Å². The summed E-state index contributed by atoms with van der Waals surface area (Å²) in [5.74, 6) is 2.17. The molecule has 8 nitrogen and oxygen atoms in total. The first kappa shape index (κ1) is 19.2. The number of aromatic amines is 1. The summed E-state index contributed by atoms with van der Waals surface area (Å²) in [6.45, 7) is 3.76. The lowest BCUT2D eigenvalue weighted by Crippen LogP contribution is -2.21. The van der Waals surface area contributed by atoms with Gasteiger partial charge in [0.15, 0.2) is 23.9 Å². The fourth-order valence-corrected chi connectivity index (χ4v) is 2.60. The van der Waals surface area contributed by atoms with Crippen molar-refractivity contribution in [2.45, 2.75) is 13.8 Å². The van der Waals surface area contributed by atoms with E-state index >= 15 is 0 Å². The van der Waals surface area contributed by atoms with Gasteiger partial charge in [0.2, 0.25) is 5.95 Å². The summed E-state index contributed by atoms with van der Waals surface area (Å²) in [7, 11) is 3.13. The van der Waals surface area contributed by atoms with Gasteiger partial charge in [0.1, 0.15) is 5.75 Å². The average molecular weight is 382 g/mol. The van der Waals surface area contributed by atoms with Gasteiger partial charge in [-0.3, -0.25) is 15.2 Å².